The first-order valence-electron chi connectivity index (χ1n) is 8.42. The van der Waals surface area contributed by atoms with Crippen molar-refractivity contribution < 1.29 is 4.79 Å². The number of benzene rings is 1. The second kappa shape index (κ2) is 6.16. The zero-order chi connectivity index (χ0) is 17.4. The Morgan fingerprint density at radius 3 is 2.64 bits per heavy atom. The number of aromatic nitrogens is 2. The highest BCUT2D eigenvalue weighted by atomic mass is 16.2. The van der Waals surface area contributed by atoms with Crippen LogP contribution in [0.5, 0.6) is 0 Å². The summed E-state index contributed by atoms with van der Waals surface area (Å²) in [5.74, 6) is 0.410. The van der Waals surface area contributed by atoms with Crippen molar-refractivity contribution >= 4 is 23.1 Å². The van der Waals surface area contributed by atoms with Crippen molar-refractivity contribution in [1.29, 1.82) is 0 Å². The topological polar surface area (TPSA) is 87.7 Å². The van der Waals surface area contributed by atoms with E-state index in [9.17, 15) is 4.79 Å². The third-order valence-electron chi connectivity index (χ3n) is 4.64. The van der Waals surface area contributed by atoms with Crippen LogP contribution in [0, 0.1) is 0 Å². The van der Waals surface area contributed by atoms with Crippen molar-refractivity contribution in [2.45, 2.75) is 26.3 Å². The minimum atomic E-state index is 0.0219. The number of nitrogen functional groups attached to an aromatic ring is 1. The molecule has 1 aromatic heterocycles. The predicted molar refractivity (Wildman–Crippen MR) is 96.4 cm³/mol. The minimum absolute atomic E-state index is 0.0219. The summed E-state index contributed by atoms with van der Waals surface area (Å²) in [6.07, 6.45) is 1.69. The number of fused-ring (bicyclic) bond motifs is 1. The average Bonchev–Trinajstić information content (AvgIpc) is 3.07. The highest BCUT2D eigenvalue weighted by Gasteiger charge is 2.23. The molecule has 2 aliphatic heterocycles. The lowest BCUT2D eigenvalue weighted by Crippen LogP contribution is -2.36. The molecule has 0 saturated heterocycles. The summed E-state index contributed by atoms with van der Waals surface area (Å²) in [5.41, 5.74) is 10.4. The van der Waals surface area contributed by atoms with Crippen LogP contribution in [0.1, 0.15) is 35.0 Å². The van der Waals surface area contributed by atoms with E-state index in [-0.39, 0.29) is 5.91 Å². The molecule has 128 valence electrons. The summed E-state index contributed by atoms with van der Waals surface area (Å²) in [6.45, 7) is 4.08. The highest BCUT2D eigenvalue weighted by molar-refractivity contribution is 5.95. The van der Waals surface area contributed by atoms with Crippen LogP contribution < -0.4 is 10.7 Å². The van der Waals surface area contributed by atoms with Gasteiger partial charge < -0.3 is 10.6 Å². The van der Waals surface area contributed by atoms with Gasteiger partial charge in [-0.2, -0.15) is 10.2 Å². The molecule has 0 aliphatic carbocycles. The van der Waals surface area contributed by atoms with Crippen LogP contribution in [-0.2, 0) is 13.0 Å². The van der Waals surface area contributed by atoms with Crippen molar-refractivity contribution in [3.63, 3.8) is 0 Å². The van der Waals surface area contributed by atoms with Gasteiger partial charge in [0.25, 0.3) is 5.91 Å². The number of rotatable bonds is 2. The van der Waals surface area contributed by atoms with E-state index in [1.165, 1.54) is 0 Å². The van der Waals surface area contributed by atoms with Crippen LogP contribution in [0.2, 0.25) is 0 Å². The minimum Gasteiger partial charge on any atom is -0.382 e. The maximum atomic E-state index is 12.8. The Labute approximate surface area is 146 Å². The first-order valence-corrected chi connectivity index (χ1v) is 8.42. The monoisotopic (exact) mass is 336 g/mol. The summed E-state index contributed by atoms with van der Waals surface area (Å²) < 4.78 is 0. The molecule has 2 aliphatic rings. The molecule has 3 heterocycles. The molecule has 4 rings (SSSR count). The van der Waals surface area contributed by atoms with Gasteiger partial charge in [0.1, 0.15) is 5.82 Å². The van der Waals surface area contributed by atoms with Crippen LogP contribution in [-0.4, -0.2) is 39.8 Å². The molecule has 0 atom stereocenters. The van der Waals surface area contributed by atoms with E-state index in [0.717, 1.165) is 35.6 Å². The molecule has 25 heavy (non-hydrogen) atoms. The van der Waals surface area contributed by atoms with E-state index in [2.05, 4.69) is 15.3 Å². The lowest BCUT2D eigenvalue weighted by molar-refractivity contribution is 0.0733. The van der Waals surface area contributed by atoms with Gasteiger partial charge in [0.15, 0.2) is 0 Å². The number of hydrazone groups is 1. The molecule has 0 spiro atoms. The molecule has 0 saturated carbocycles. The Bertz CT molecular complexity index is 845. The summed E-state index contributed by atoms with van der Waals surface area (Å²) in [5, 5.41) is 14.5. The third kappa shape index (κ3) is 3.05. The Morgan fingerprint density at radius 2 is 1.92 bits per heavy atom. The number of nitrogens with zero attached hydrogens (tertiary/aromatic N) is 5. The van der Waals surface area contributed by atoms with Crippen LogP contribution in [0.4, 0.5) is 11.5 Å². The first-order chi connectivity index (χ1) is 12.1. The van der Waals surface area contributed by atoms with E-state index in [1.807, 2.05) is 41.1 Å². The summed E-state index contributed by atoms with van der Waals surface area (Å²) in [4.78, 5) is 14.6. The lowest BCUT2D eigenvalue weighted by Gasteiger charge is -2.28. The smallest absolute Gasteiger partial charge is 0.254 e. The van der Waals surface area contributed by atoms with Crippen LogP contribution in [0.15, 0.2) is 35.4 Å². The fourth-order valence-corrected chi connectivity index (χ4v) is 3.24. The van der Waals surface area contributed by atoms with Gasteiger partial charge in [-0.3, -0.25) is 9.80 Å². The lowest BCUT2D eigenvalue weighted by atomic mass is 10.0. The van der Waals surface area contributed by atoms with E-state index in [0.29, 0.717) is 30.9 Å². The van der Waals surface area contributed by atoms with Crippen molar-refractivity contribution in [2.75, 3.05) is 23.8 Å². The molecule has 2 aromatic rings. The first kappa shape index (κ1) is 15.6. The van der Waals surface area contributed by atoms with Crippen LogP contribution in [0.25, 0.3) is 0 Å². The van der Waals surface area contributed by atoms with Crippen LogP contribution >= 0.6 is 0 Å². The molecule has 0 fully saturated rings. The molecule has 0 bridgehead atoms. The number of carbonyl (C=O) groups excluding carboxylic acids is 1. The van der Waals surface area contributed by atoms with Gasteiger partial charge in [0, 0.05) is 43.8 Å². The van der Waals surface area contributed by atoms with Crippen molar-refractivity contribution in [1.82, 2.24) is 15.1 Å². The number of nitrogens with two attached hydrogens (primary N) is 1. The van der Waals surface area contributed by atoms with Gasteiger partial charge in [-0.05, 0) is 42.8 Å². The molecule has 1 aromatic carbocycles. The van der Waals surface area contributed by atoms with Gasteiger partial charge in [-0.25, -0.2) is 0 Å². The Hall–Kier alpha value is -2.96. The maximum absolute atomic E-state index is 12.8. The van der Waals surface area contributed by atoms with Gasteiger partial charge in [0.05, 0.1) is 11.4 Å². The molecule has 7 nitrogen and oxygen atoms in total. The SMILES string of the molecule is CC1=NN(c2ccc(C(=O)N3CCc4nnc(N)cc4C3)cc2)CC1. The fourth-order valence-electron chi connectivity index (χ4n) is 3.24. The Balaban J connectivity index is 1.50. The van der Waals surface area contributed by atoms with Gasteiger partial charge in [-0.1, -0.05) is 0 Å². The van der Waals surface area contributed by atoms with E-state index < -0.39 is 0 Å². The Kier molecular flexibility index (Phi) is 3.83. The van der Waals surface area contributed by atoms with Gasteiger partial charge in [0.2, 0.25) is 0 Å². The molecule has 0 unspecified atom stereocenters. The van der Waals surface area contributed by atoms with Gasteiger partial charge in [-0.15, -0.1) is 5.10 Å². The largest absolute Gasteiger partial charge is 0.382 e. The quantitative estimate of drug-likeness (QED) is 0.904. The highest BCUT2D eigenvalue weighted by Crippen LogP contribution is 2.23. The number of carbonyl (C=O) groups is 1. The normalized spacial score (nSPS) is 16.6. The average molecular weight is 336 g/mol. The second-order valence-electron chi connectivity index (χ2n) is 6.47. The third-order valence-corrected chi connectivity index (χ3v) is 4.64. The summed E-state index contributed by atoms with van der Waals surface area (Å²) in [6, 6.07) is 9.46. The molecular weight excluding hydrogens is 316 g/mol. The van der Waals surface area contributed by atoms with Crippen molar-refractivity contribution in [3.05, 3.63) is 47.2 Å². The Morgan fingerprint density at radius 1 is 1.12 bits per heavy atom. The number of hydrogen-bond donors (Lipinski definition) is 1. The number of anilines is 2. The standard InChI is InChI=1S/C18H20N6O/c1-12-6-9-24(22-12)15-4-2-13(3-5-15)18(25)23-8-7-16-14(11-23)10-17(19)21-20-16/h2-5,10H,6-9,11H2,1H3,(H2,19,21). The van der Waals surface area contributed by atoms with Gasteiger partial charge >= 0.3 is 0 Å². The molecule has 1 amide bonds. The van der Waals surface area contributed by atoms with E-state index in [4.69, 9.17) is 5.73 Å². The van der Waals surface area contributed by atoms with E-state index in [1.54, 1.807) is 6.07 Å². The molecule has 2 N–H and O–H groups in total. The van der Waals surface area contributed by atoms with Crippen molar-refractivity contribution in [2.24, 2.45) is 5.10 Å². The summed E-state index contributed by atoms with van der Waals surface area (Å²) in [7, 11) is 0. The second-order valence-corrected chi connectivity index (χ2v) is 6.47. The maximum Gasteiger partial charge on any atom is 0.254 e. The van der Waals surface area contributed by atoms with Crippen LogP contribution in [0.3, 0.4) is 0 Å². The number of hydrogen-bond acceptors (Lipinski definition) is 6. The molecule has 7 heteroatoms. The predicted octanol–water partition coefficient (Wildman–Crippen LogP) is 1.84. The number of amides is 1. The van der Waals surface area contributed by atoms with Crippen molar-refractivity contribution in [3.8, 4) is 0 Å². The fraction of sp³-hybridized carbons (Fsp3) is 0.333. The molecule has 0 radical (unpaired) electrons. The zero-order valence-corrected chi connectivity index (χ0v) is 14.1. The zero-order valence-electron chi connectivity index (χ0n) is 14.1. The molecular formula is C18H20N6O. The summed E-state index contributed by atoms with van der Waals surface area (Å²) >= 11 is 0. The van der Waals surface area contributed by atoms with E-state index >= 15 is 0 Å².